The zero-order valence-corrected chi connectivity index (χ0v) is 12.1. The van der Waals surface area contributed by atoms with Gasteiger partial charge in [-0.05, 0) is 18.6 Å². The van der Waals surface area contributed by atoms with Gasteiger partial charge in [0, 0.05) is 18.8 Å². The maximum atomic E-state index is 13.0. The number of benzene rings is 1. The molecule has 22 heavy (non-hydrogen) atoms. The summed E-state index contributed by atoms with van der Waals surface area (Å²) in [6.45, 7) is 1.17. The van der Waals surface area contributed by atoms with E-state index < -0.39 is 23.5 Å². The molecule has 0 fully saturated rings. The van der Waals surface area contributed by atoms with Crippen molar-refractivity contribution in [3.8, 4) is 0 Å². The van der Waals surface area contributed by atoms with E-state index in [4.69, 9.17) is 4.74 Å². The van der Waals surface area contributed by atoms with E-state index in [1.165, 1.54) is 19.2 Å². The minimum atomic E-state index is -4.63. The highest BCUT2D eigenvalue weighted by molar-refractivity contribution is 6.23. The number of allylic oxidation sites excluding steroid dienone is 1. The third-order valence-corrected chi connectivity index (χ3v) is 2.70. The van der Waals surface area contributed by atoms with Gasteiger partial charge in [0.05, 0.1) is 12.2 Å². The molecule has 7 heteroatoms. The van der Waals surface area contributed by atoms with E-state index in [1.807, 2.05) is 0 Å². The lowest BCUT2D eigenvalue weighted by Crippen LogP contribution is -2.13. The molecule has 1 aromatic rings. The summed E-state index contributed by atoms with van der Waals surface area (Å²) in [5.74, 6) is -1.57. The van der Waals surface area contributed by atoms with Gasteiger partial charge in [0.15, 0.2) is 5.78 Å². The van der Waals surface area contributed by atoms with Crippen LogP contribution in [0.3, 0.4) is 0 Å². The van der Waals surface area contributed by atoms with Crippen LogP contribution in [0, 0.1) is 0 Å². The van der Waals surface area contributed by atoms with Gasteiger partial charge in [-0.2, -0.15) is 13.2 Å². The van der Waals surface area contributed by atoms with Gasteiger partial charge >= 0.3 is 12.1 Å². The maximum Gasteiger partial charge on any atom is 0.417 e. The topological polar surface area (TPSA) is 52.6 Å². The second-order valence-electron chi connectivity index (χ2n) is 4.32. The number of carbonyl (C=O) groups excluding carboxylic acids is 2. The predicted octanol–water partition coefficient (Wildman–Crippen LogP) is 2.87. The number of Topliss-reactive ketones (excluding diaryl/α,β-unsaturated/α-hetero) is 1. The smallest absolute Gasteiger partial charge is 0.417 e. The van der Waals surface area contributed by atoms with E-state index in [-0.39, 0.29) is 24.4 Å². The molecule has 1 rings (SSSR count). The second-order valence-corrected chi connectivity index (χ2v) is 4.32. The van der Waals surface area contributed by atoms with Gasteiger partial charge in [-0.3, -0.25) is 4.79 Å². The molecule has 0 bridgehead atoms. The Balaban J connectivity index is 3.17. The SMILES string of the molecule is COCCOC(=O)C=C(C(C)=O)c1ccccc1C(F)(F)F. The van der Waals surface area contributed by atoms with Crippen molar-refractivity contribution in [2.45, 2.75) is 13.1 Å². The molecule has 0 amide bonds. The van der Waals surface area contributed by atoms with Crippen LogP contribution in [-0.2, 0) is 25.2 Å². The van der Waals surface area contributed by atoms with E-state index in [0.717, 1.165) is 25.1 Å². The lowest BCUT2D eigenvalue weighted by molar-refractivity contribution is -0.139. The molecular formula is C15H15F3O4. The van der Waals surface area contributed by atoms with Crippen molar-refractivity contribution in [2.75, 3.05) is 20.3 Å². The van der Waals surface area contributed by atoms with Crippen molar-refractivity contribution < 1.29 is 32.2 Å². The molecule has 0 atom stereocenters. The summed E-state index contributed by atoms with van der Waals surface area (Å²) in [6.07, 6.45) is -3.87. The summed E-state index contributed by atoms with van der Waals surface area (Å²) in [4.78, 5) is 23.2. The van der Waals surface area contributed by atoms with Crippen LogP contribution in [0.15, 0.2) is 30.3 Å². The number of hydrogen-bond donors (Lipinski definition) is 0. The van der Waals surface area contributed by atoms with Crippen LogP contribution in [0.4, 0.5) is 13.2 Å². The number of ketones is 1. The first kappa shape index (κ1) is 17.9. The van der Waals surface area contributed by atoms with Crippen LogP contribution < -0.4 is 0 Å². The molecule has 0 spiro atoms. The highest BCUT2D eigenvalue weighted by atomic mass is 19.4. The molecule has 0 heterocycles. The maximum absolute atomic E-state index is 13.0. The van der Waals surface area contributed by atoms with E-state index in [1.54, 1.807) is 0 Å². The summed E-state index contributed by atoms with van der Waals surface area (Å²) in [7, 11) is 1.41. The number of hydrogen-bond acceptors (Lipinski definition) is 4. The highest BCUT2D eigenvalue weighted by Gasteiger charge is 2.34. The standard InChI is InChI=1S/C15H15F3O4/c1-10(19)12(9-14(20)22-8-7-21-2)11-5-3-4-6-13(11)15(16,17)18/h3-6,9H,7-8H2,1-2H3. The molecule has 0 aromatic heterocycles. The Morgan fingerprint density at radius 2 is 1.82 bits per heavy atom. The molecule has 120 valence electrons. The van der Waals surface area contributed by atoms with Crippen molar-refractivity contribution in [1.82, 2.24) is 0 Å². The molecule has 1 aromatic carbocycles. The molecule has 0 N–H and O–H groups in total. The van der Waals surface area contributed by atoms with E-state index >= 15 is 0 Å². The Kier molecular flexibility index (Phi) is 6.30. The Hall–Kier alpha value is -2.15. The fraction of sp³-hybridized carbons (Fsp3) is 0.333. The zero-order valence-electron chi connectivity index (χ0n) is 12.1. The lowest BCUT2D eigenvalue weighted by Gasteiger charge is -2.13. The molecule has 0 aliphatic carbocycles. The lowest BCUT2D eigenvalue weighted by atomic mass is 9.96. The Morgan fingerprint density at radius 3 is 2.36 bits per heavy atom. The average molecular weight is 316 g/mol. The first-order chi connectivity index (χ1) is 10.3. The molecular weight excluding hydrogens is 301 g/mol. The summed E-state index contributed by atoms with van der Waals surface area (Å²) in [6, 6.07) is 4.56. The van der Waals surface area contributed by atoms with Crippen LogP contribution in [0.5, 0.6) is 0 Å². The molecule has 0 radical (unpaired) electrons. The van der Waals surface area contributed by atoms with E-state index in [0.29, 0.717) is 0 Å². The summed E-state index contributed by atoms with van der Waals surface area (Å²) >= 11 is 0. The summed E-state index contributed by atoms with van der Waals surface area (Å²) in [5.41, 5.74) is -1.69. The molecule has 0 aliphatic rings. The van der Waals surface area contributed by atoms with Crippen molar-refractivity contribution in [3.63, 3.8) is 0 Å². The monoisotopic (exact) mass is 316 g/mol. The minimum absolute atomic E-state index is 0.0576. The van der Waals surface area contributed by atoms with Crippen molar-refractivity contribution in [3.05, 3.63) is 41.5 Å². The van der Waals surface area contributed by atoms with Crippen LogP contribution in [0.1, 0.15) is 18.1 Å². The fourth-order valence-corrected chi connectivity index (χ4v) is 1.72. The number of methoxy groups -OCH3 is 1. The van der Waals surface area contributed by atoms with Crippen LogP contribution in [0.2, 0.25) is 0 Å². The molecule has 0 saturated carbocycles. The normalized spacial score (nSPS) is 12.1. The molecule has 0 aliphatic heterocycles. The van der Waals surface area contributed by atoms with E-state index in [9.17, 15) is 22.8 Å². The summed E-state index contributed by atoms with van der Waals surface area (Å²) < 4.78 is 48.4. The van der Waals surface area contributed by atoms with Crippen molar-refractivity contribution >= 4 is 17.3 Å². The third-order valence-electron chi connectivity index (χ3n) is 2.70. The second kappa shape index (κ2) is 7.74. The van der Waals surface area contributed by atoms with Crippen LogP contribution >= 0.6 is 0 Å². The Morgan fingerprint density at radius 1 is 1.18 bits per heavy atom. The van der Waals surface area contributed by atoms with Gasteiger partial charge in [0.25, 0.3) is 0 Å². The molecule has 4 nitrogen and oxygen atoms in total. The zero-order chi connectivity index (χ0) is 16.8. The van der Waals surface area contributed by atoms with Gasteiger partial charge in [0.2, 0.25) is 0 Å². The van der Waals surface area contributed by atoms with Gasteiger partial charge in [-0.1, -0.05) is 18.2 Å². The van der Waals surface area contributed by atoms with Gasteiger partial charge in [0.1, 0.15) is 6.61 Å². The Labute approximate surface area is 125 Å². The van der Waals surface area contributed by atoms with Crippen LogP contribution in [0.25, 0.3) is 5.57 Å². The molecule has 0 saturated heterocycles. The number of ether oxygens (including phenoxy) is 2. The summed E-state index contributed by atoms with van der Waals surface area (Å²) in [5, 5.41) is 0. The number of esters is 1. The first-order valence-corrected chi connectivity index (χ1v) is 6.32. The van der Waals surface area contributed by atoms with Gasteiger partial charge in [-0.25, -0.2) is 4.79 Å². The highest BCUT2D eigenvalue weighted by Crippen LogP contribution is 2.35. The Bertz CT molecular complexity index is 576. The minimum Gasteiger partial charge on any atom is -0.460 e. The predicted molar refractivity (Wildman–Crippen MR) is 72.9 cm³/mol. The largest absolute Gasteiger partial charge is 0.460 e. The van der Waals surface area contributed by atoms with E-state index in [2.05, 4.69) is 4.74 Å². The number of carbonyl (C=O) groups is 2. The number of rotatable bonds is 6. The van der Waals surface area contributed by atoms with Gasteiger partial charge in [-0.15, -0.1) is 0 Å². The van der Waals surface area contributed by atoms with Crippen molar-refractivity contribution in [2.24, 2.45) is 0 Å². The first-order valence-electron chi connectivity index (χ1n) is 6.32. The fourth-order valence-electron chi connectivity index (χ4n) is 1.72. The quantitative estimate of drug-likeness (QED) is 0.460. The number of alkyl halides is 3. The van der Waals surface area contributed by atoms with Crippen LogP contribution in [-0.4, -0.2) is 32.1 Å². The molecule has 0 unspecified atom stereocenters. The van der Waals surface area contributed by atoms with Crippen molar-refractivity contribution in [1.29, 1.82) is 0 Å². The van der Waals surface area contributed by atoms with Gasteiger partial charge < -0.3 is 9.47 Å². The number of halogens is 3. The average Bonchev–Trinajstić information content (AvgIpc) is 2.44. The third kappa shape index (κ3) is 5.00.